The number of H-pyrrole nitrogens is 1. The number of carbonyl (C=O) groups excluding carboxylic acids is 2. The third-order valence-corrected chi connectivity index (χ3v) is 5.34. The molecule has 6 nitrogen and oxygen atoms in total. The molecule has 1 unspecified atom stereocenters. The monoisotopic (exact) mass is 393 g/mol. The summed E-state index contributed by atoms with van der Waals surface area (Å²) in [6, 6.07) is 13.1. The number of nitrogens with zero attached hydrogens (tertiary/aromatic N) is 2. The number of Topliss-reactive ketones (excluding diaryl/α,β-unsaturated/α-hetero) is 1. The second-order valence-corrected chi connectivity index (χ2v) is 7.26. The zero-order chi connectivity index (χ0) is 19.8. The summed E-state index contributed by atoms with van der Waals surface area (Å²) in [6.07, 6.45) is 2.81. The van der Waals surface area contributed by atoms with E-state index in [-0.39, 0.29) is 11.5 Å². The van der Waals surface area contributed by atoms with Crippen LogP contribution in [0.1, 0.15) is 33.5 Å². The molecule has 0 saturated carbocycles. The highest BCUT2D eigenvalue weighted by Gasteiger charge is 2.27. The second-order valence-electron chi connectivity index (χ2n) is 6.49. The highest BCUT2D eigenvalue weighted by atomic mass is 32.2. The molecule has 0 fully saturated rings. The molecule has 0 aliphatic heterocycles. The van der Waals surface area contributed by atoms with Crippen LogP contribution in [0.5, 0.6) is 0 Å². The molecule has 1 atom stereocenters. The van der Waals surface area contributed by atoms with Crippen LogP contribution in [0.25, 0.3) is 16.4 Å². The first kappa shape index (κ1) is 18.3. The molecule has 3 aromatic heterocycles. The summed E-state index contributed by atoms with van der Waals surface area (Å²) < 4.78 is 7.34. The Bertz CT molecular complexity index is 1210. The first-order chi connectivity index (χ1) is 13.5. The van der Waals surface area contributed by atoms with E-state index in [0.29, 0.717) is 16.2 Å². The Balaban J connectivity index is 1.63. The number of rotatable bonds is 5. The molecule has 4 aromatic rings. The van der Waals surface area contributed by atoms with Crippen molar-refractivity contribution in [1.29, 1.82) is 0 Å². The Morgan fingerprint density at radius 2 is 1.93 bits per heavy atom. The van der Waals surface area contributed by atoms with Gasteiger partial charge in [0.2, 0.25) is 5.78 Å². The summed E-state index contributed by atoms with van der Waals surface area (Å²) in [4.78, 5) is 33.3. The third kappa shape index (κ3) is 2.97. The van der Waals surface area contributed by atoms with Crippen molar-refractivity contribution in [2.24, 2.45) is 0 Å². The third-order valence-electron chi connectivity index (χ3n) is 4.68. The maximum atomic E-state index is 13.0. The molecular weight excluding hydrogens is 374 g/mol. The van der Waals surface area contributed by atoms with Crippen LogP contribution in [0.2, 0.25) is 0 Å². The SMILES string of the molecule is CSc1nc(C(=O)OC(C)C(=O)c2c(C)[nH]c3ccccc23)c2ccccn12. The number of para-hydroxylation sites is 1. The van der Waals surface area contributed by atoms with Gasteiger partial charge in [-0.15, -0.1) is 0 Å². The summed E-state index contributed by atoms with van der Waals surface area (Å²) >= 11 is 1.44. The molecule has 0 aliphatic carbocycles. The highest BCUT2D eigenvalue weighted by Crippen LogP contribution is 2.25. The number of thioether (sulfide) groups is 1. The van der Waals surface area contributed by atoms with Gasteiger partial charge in [-0.25, -0.2) is 9.78 Å². The van der Waals surface area contributed by atoms with Crippen LogP contribution < -0.4 is 0 Å². The lowest BCUT2D eigenvalue weighted by Crippen LogP contribution is -2.25. The fourth-order valence-electron chi connectivity index (χ4n) is 3.37. The molecule has 7 heteroatoms. The van der Waals surface area contributed by atoms with E-state index in [1.807, 2.05) is 60.2 Å². The van der Waals surface area contributed by atoms with E-state index in [0.717, 1.165) is 16.6 Å². The number of aromatic nitrogens is 3. The molecular formula is C21H19N3O3S. The molecule has 3 heterocycles. The van der Waals surface area contributed by atoms with Crippen LogP contribution in [0.15, 0.2) is 53.8 Å². The van der Waals surface area contributed by atoms with E-state index in [4.69, 9.17) is 4.74 Å². The first-order valence-electron chi connectivity index (χ1n) is 8.85. The molecule has 0 spiro atoms. The van der Waals surface area contributed by atoms with Gasteiger partial charge in [-0.1, -0.05) is 36.0 Å². The van der Waals surface area contributed by atoms with Crippen molar-refractivity contribution in [3.05, 3.63) is 65.6 Å². The lowest BCUT2D eigenvalue weighted by Gasteiger charge is -2.12. The minimum absolute atomic E-state index is 0.209. The quantitative estimate of drug-likeness (QED) is 0.311. The summed E-state index contributed by atoms with van der Waals surface area (Å²) in [7, 11) is 0. The minimum atomic E-state index is -0.927. The van der Waals surface area contributed by atoms with Gasteiger partial charge in [0.15, 0.2) is 17.0 Å². The number of hydrogen-bond acceptors (Lipinski definition) is 5. The number of benzene rings is 1. The van der Waals surface area contributed by atoms with Gasteiger partial charge in [0, 0.05) is 28.4 Å². The molecule has 1 aromatic carbocycles. The Morgan fingerprint density at radius 1 is 1.18 bits per heavy atom. The topological polar surface area (TPSA) is 76.5 Å². The largest absolute Gasteiger partial charge is 0.449 e. The van der Waals surface area contributed by atoms with E-state index >= 15 is 0 Å². The normalized spacial score (nSPS) is 12.4. The van der Waals surface area contributed by atoms with Gasteiger partial charge in [-0.3, -0.25) is 9.20 Å². The lowest BCUT2D eigenvalue weighted by molar-refractivity contribution is 0.0315. The number of fused-ring (bicyclic) bond motifs is 2. The first-order valence-corrected chi connectivity index (χ1v) is 10.1. The number of carbonyl (C=O) groups is 2. The van der Waals surface area contributed by atoms with Gasteiger partial charge < -0.3 is 9.72 Å². The molecule has 142 valence electrons. The Labute approximate surface area is 165 Å². The van der Waals surface area contributed by atoms with Crippen LogP contribution in [-0.4, -0.2) is 38.5 Å². The van der Waals surface area contributed by atoms with Gasteiger partial charge in [0.1, 0.15) is 0 Å². The van der Waals surface area contributed by atoms with E-state index in [1.54, 1.807) is 13.0 Å². The Kier molecular flexibility index (Phi) is 4.68. The molecule has 0 aliphatic rings. The number of esters is 1. The zero-order valence-electron chi connectivity index (χ0n) is 15.7. The van der Waals surface area contributed by atoms with Gasteiger partial charge in [0.05, 0.1) is 5.52 Å². The maximum absolute atomic E-state index is 13.0. The van der Waals surface area contributed by atoms with Crippen molar-refractivity contribution in [3.63, 3.8) is 0 Å². The number of ketones is 1. The zero-order valence-corrected chi connectivity index (χ0v) is 16.5. The number of nitrogens with one attached hydrogen (secondary N) is 1. The minimum Gasteiger partial charge on any atom is -0.449 e. The van der Waals surface area contributed by atoms with Gasteiger partial charge in [0.25, 0.3) is 0 Å². The van der Waals surface area contributed by atoms with Crippen LogP contribution in [0, 0.1) is 6.92 Å². The maximum Gasteiger partial charge on any atom is 0.359 e. The summed E-state index contributed by atoms with van der Waals surface area (Å²) in [5.74, 6) is -0.848. The molecule has 0 bridgehead atoms. The molecule has 1 N–H and O–H groups in total. The van der Waals surface area contributed by atoms with E-state index in [1.165, 1.54) is 11.8 Å². The number of aromatic amines is 1. The number of pyridine rings is 1. The van der Waals surface area contributed by atoms with Crippen molar-refractivity contribution in [2.45, 2.75) is 25.1 Å². The van der Waals surface area contributed by atoms with Crippen molar-refractivity contribution in [3.8, 4) is 0 Å². The Hall–Kier alpha value is -3.06. The van der Waals surface area contributed by atoms with Crippen LogP contribution in [-0.2, 0) is 4.74 Å². The number of hydrogen-bond donors (Lipinski definition) is 1. The summed E-state index contributed by atoms with van der Waals surface area (Å²) in [5.41, 5.74) is 3.05. The highest BCUT2D eigenvalue weighted by molar-refractivity contribution is 7.98. The van der Waals surface area contributed by atoms with Crippen molar-refractivity contribution in [1.82, 2.24) is 14.4 Å². The predicted octanol–water partition coefficient (Wildman–Crippen LogP) is 4.27. The molecule has 4 rings (SSSR count). The summed E-state index contributed by atoms with van der Waals surface area (Å²) in [5, 5.41) is 1.51. The van der Waals surface area contributed by atoms with Crippen molar-refractivity contribution >= 4 is 39.9 Å². The fourth-order valence-corrected chi connectivity index (χ4v) is 3.91. The van der Waals surface area contributed by atoms with E-state index in [2.05, 4.69) is 9.97 Å². The van der Waals surface area contributed by atoms with Gasteiger partial charge >= 0.3 is 5.97 Å². The van der Waals surface area contributed by atoms with Crippen molar-refractivity contribution in [2.75, 3.05) is 6.26 Å². The molecule has 0 radical (unpaired) electrons. The molecule has 28 heavy (non-hydrogen) atoms. The van der Waals surface area contributed by atoms with Gasteiger partial charge in [-0.2, -0.15) is 0 Å². The number of imidazole rings is 1. The predicted molar refractivity (Wildman–Crippen MR) is 109 cm³/mol. The molecule has 0 amide bonds. The van der Waals surface area contributed by atoms with Crippen LogP contribution in [0.4, 0.5) is 0 Å². The second kappa shape index (κ2) is 7.16. The average molecular weight is 393 g/mol. The standard InChI is InChI=1S/C21H19N3O3S/c1-12-17(14-8-4-5-9-15(14)22-12)19(25)13(2)27-20(26)18-16-10-6-7-11-24(16)21(23-18)28-3/h4-11,13,22H,1-3H3. The van der Waals surface area contributed by atoms with E-state index in [9.17, 15) is 9.59 Å². The average Bonchev–Trinajstić information content (AvgIpc) is 3.24. The van der Waals surface area contributed by atoms with E-state index < -0.39 is 12.1 Å². The fraction of sp³-hybridized carbons (Fsp3) is 0.190. The molecule has 0 saturated heterocycles. The lowest BCUT2D eigenvalue weighted by atomic mass is 10.0. The van der Waals surface area contributed by atoms with Crippen LogP contribution in [0.3, 0.4) is 0 Å². The number of ether oxygens (including phenoxy) is 1. The van der Waals surface area contributed by atoms with Crippen molar-refractivity contribution < 1.29 is 14.3 Å². The summed E-state index contributed by atoms with van der Waals surface area (Å²) in [6.45, 7) is 3.44. The van der Waals surface area contributed by atoms with Gasteiger partial charge in [-0.05, 0) is 38.3 Å². The number of aryl methyl sites for hydroxylation is 1. The van der Waals surface area contributed by atoms with Crippen LogP contribution >= 0.6 is 11.8 Å². The Morgan fingerprint density at radius 3 is 2.71 bits per heavy atom. The smallest absolute Gasteiger partial charge is 0.359 e.